The number of benzene rings is 2. The second-order valence-electron chi connectivity index (χ2n) is 6.33. The van der Waals surface area contributed by atoms with Crippen molar-refractivity contribution in [3.63, 3.8) is 0 Å². The molecular formula is C19H19BrN2O. The summed E-state index contributed by atoms with van der Waals surface area (Å²) in [6, 6.07) is 16.6. The van der Waals surface area contributed by atoms with E-state index >= 15 is 0 Å². The van der Waals surface area contributed by atoms with Crippen molar-refractivity contribution in [1.29, 1.82) is 0 Å². The molecule has 118 valence electrons. The van der Waals surface area contributed by atoms with Crippen LogP contribution in [0.15, 0.2) is 53.0 Å². The Labute approximate surface area is 144 Å². The molecule has 1 spiro atoms. The van der Waals surface area contributed by atoms with Crippen LogP contribution in [0.1, 0.15) is 24.0 Å². The van der Waals surface area contributed by atoms with Gasteiger partial charge in [-0.25, -0.2) is 0 Å². The van der Waals surface area contributed by atoms with Crippen molar-refractivity contribution in [1.82, 2.24) is 4.90 Å². The van der Waals surface area contributed by atoms with Gasteiger partial charge in [-0.3, -0.25) is 9.69 Å². The van der Waals surface area contributed by atoms with Crippen LogP contribution in [0.2, 0.25) is 0 Å². The third kappa shape index (κ3) is 2.41. The molecule has 2 aliphatic rings. The van der Waals surface area contributed by atoms with Gasteiger partial charge in [0.1, 0.15) is 5.54 Å². The minimum absolute atomic E-state index is 0.145. The first kappa shape index (κ1) is 14.9. The van der Waals surface area contributed by atoms with Crippen molar-refractivity contribution in [2.45, 2.75) is 24.8 Å². The smallest absolute Gasteiger partial charge is 0.249 e. The number of hydrogen-bond acceptors (Lipinski definition) is 2. The minimum atomic E-state index is -0.452. The summed E-state index contributed by atoms with van der Waals surface area (Å²) < 4.78 is 1.10. The van der Waals surface area contributed by atoms with E-state index in [0.29, 0.717) is 0 Å². The Hall–Kier alpha value is -1.65. The quantitative estimate of drug-likeness (QED) is 0.887. The van der Waals surface area contributed by atoms with E-state index in [9.17, 15) is 4.79 Å². The molecule has 0 saturated carbocycles. The van der Waals surface area contributed by atoms with Crippen molar-refractivity contribution in [3.8, 4) is 0 Å². The average Bonchev–Trinajstić information content (AvgIpc) is 3.11. The van der Waals surface area contributed by atoms with Crippen LogP contribution in [0.25, 0.3) is 0 Å². The Morgan fingerprint density at radius 1 is 1.13 bits per heavy atom. The molecule has 0 bridgehead atoms. The highest BCUT2D eigenvalue weighted by molar-refractivity contribution is 9.10. The summed E-state index contributed by atoms with van der Waals surface area (Å²) in [6.07, 6.45) is 2.95. The Bertz CT molecular complexity index is 743. The molecule has 23 heavy (non-hydrogen) atoms. The third-order valence-corrected chi connectivity index (χ3v) is 5.62. The van der Waals surface area contributed by atoms with Gasteiger partial charge in [0.25, 0.3) is 0 Å². The first-order valence-electron chi connectivity index (χ1n) is 8.10. The number of rotatable bonds is 3. The molecule has 1 N–H and O–H groups in total. The lowest BCUT2D eigenvalue weighted by Gasteiger charge is -2.33. The molecule has 4 heteroatoms. The number of anilines is 1. The van der Waals surface area contributed by atoms with Crippen LogP contribution < -0.4 is 5.32 Å². The Morgan fingerprint density at radius 2 is 1.91 bits per heavy atom. The molecule has 2 aliphatic heterocycles. The molecule has 1 unspecified atom stereocenters. The number of fused-ring (bicyclic) bond motifs is 2. The number of hydrogen-bond donors (Lipinski definition) is 1. The van der Waals surface area contributed by atoms with E-state index in [1.165, 1.54) is 5.56 Å². The molecule has 0 aromatic heterocycles. The molecule has 2 heterocycles. The second-order valence-corrected chi connectivity index (χ2v) is 7.24. The zero-order chi connectivity index (χ0) is 15.9. The Balaban J connectivity index is 1.59. The lowest BCUT2D eigenvalue weighted by atomic mass is 9.88. The van der Waals surface area contributed by atoms with E-state index in [1.54, 1.807) is 0 Å². The molecule has 0 radical (unpaired) electrons. The van der Waals surface area contributed by atoms with Gasteiger partial charge in [0, 0.05) is 22.3 Å². The second kappa shape index (κ2) is 5.77. The molecule has 2 aromatic rings. The fraction of sp³-hybridized carbons (Fsp3) is 0.316. The largest absolute Gasteiger partial charge is 0.324 e. The zero-order valence-electron chi connectivity index (χ0n) is 12.9. The van der Waals surface area contributed by atoms with Gasteiger partial charge in [0.15, 0.2) is 0 Å². The number of nitrogens with zero attached hydrogens (tertiary/aromatic N) is 1. The molecule has 0 aliphatic carbocycles. The van der Waals surface area contributed by atoms with Gasteiger partial charge in [-0.15, -0.1) is 0 Å². The number of carbonyl (C=O) groups is 1. The van der Waals surface area contributed by atoms with Crippen LogP contribution in [0.5, 0.6) is 0 Å². The summed E-state index contributed by atoms with van der Waals surface area (Å²) in [5.41, 5.74) is 2.99. The standard InChI is InChI=1S/C19H19BrN2O/c20-15-8-6-14(7-9-15)10-13-22-12-3-11-19(22)16-4-1-2-5-17(16)21-18(19)23/h1-2,4-9H,3,10-13H2,(H,21,23). The van der Waals surface area contributed by atoms with Crippen LogP contribution >= 0.6 is 15.9 Å². The van der Waals surface area contributed by atoms with Crippen LogP contribution in [0.4, 0.5) is 5.69 Å². The minimum Gasteiger partial charge on any atom is -0.324 e. The monoisotopic (exact) mass is 370 g/mol. The van der Waals surface area contributed by atoms with Crippen molar-refractivity contribution >= 4 is 27.5 Å². The maximum absolute atomic E-state index is 12.8. The summed E-state index contributed by atoms with van der Waals surface area (Å²) in [6.45, 7) is 1.89. The zero-order valence-corrected chi connectivity index (χ0v) is 14.5. The van der Waals surface area contributed by atoms with Gasteiger partial charge in [-0.1, -0.05) is 46.3 Å². The Kier molecular flexibility index (Phi) is 3.74. The number of carbonyl (C=O) groups excluding carboxylic acids is 1. The van der Waals surface area contributed by atoms with Crippen LogP contribution in [-0.4, -0.2) is 23.9 Å². The van der Waals surface area contributed by atoms with E-state index in [0.717, 1.165) is 48.1 Å². The van der Waals surface area contributed by atoms with E-state index < -0.39 is 5.54 Å². The number of halogens is 1. The lowest BCUT2D eigenvalue weighted by molar-refractivity contribution is -0.126. The number of amides is 1. The number of para-hydroxylation sites is 1. The van der Waals surface area contributed by atoms with E-state index in [2.05, 4.69) is 56.5 Å². The maximum atomic E-state index is 12.8. The summed E-state index contributed by atoms with van der Waals surface area (Å²) in [4.78, 5) is 15.1. The normalized spacial score (nSPS) is 23.3. The number of nitrogens with one attached hydrogen (secondary N) is 1. The molecule has 1 atom stereocenters. The van der Waals surface area contributed by atoms with E-state index in [-0.39, 0.29) is 5.91 Å². The average molecular weight is 371 g/mol. The third-order valence-electron chi connectivity index (χ3n) is 5.09. The fourth-order valence-corrected chi connectivity index (χ4v) is 4.22. The van der Waals surface area contributed by atoms with Crippen LogP contribution in [0, 0.1) is 0 Å². The molecule has 1 amide bonds. The molecule has 1 saturated heterocycles. The Morgan fingerprint density at radius 3 is 2.74 bits per heavy atom. The van der Waals surface area contributed by atoms with Gasteiger partial charge >= 0.3 is 0 Å². The fourth-order valence-electron chi connectivity index (χ4n) is 3.96. The maximum Gasteiger partial charge on any atom is 0.249 e. The molecule has 3 nitrogen and oxygen atoms in total. The van der Waals surface area contributed by atoms with Gasteiger partial charge < -0.3 is 5.32 Å². The van der Waals surface area contributed by atoms with Crippen LogP contribution in [-0.2, 0) is 16.8 Å². The van der Waals surface area contributed by atoms with Crippen LogP contribution in [0.3, 0.4) is 0 Å². The first-order chi connectivity index (χ1) is 11.2. The van der Waals surface area contributed by atoms with Gasteiger partial charge in [0.05, 0.1) is 0 Å². The van der Waals surface area contributed by atoms with Gasteiger partial charge in [-0.05, 0) is 49.6 Å². The molecular weight excluding hydrogens is 352 g/mol. The predicted octanol–water partition coefficient (Wildman–Crippen LogP) is 3.94. The molecule has 4 rings (SSSR count). The van der Waals surface area contributed by atoms with Crippen molar-refractivity contribution < 1.29 is 4.79 Å². The summed E-state index contributed by atoms with van der Waals surface area (Å²) >= 11 is 3.47. The highest BCUT2D eigenvalue weighted by atomic mass is 79.9. The summed E-state index contributed by atoms with van der Waals surface area (Å²) in [5.74, 6) is 0.145. The highest BCUT2D eigenvalue weighted by Crippen LogP contribution is 2.46. The highest BCUT2D eigenvalue weighted by Gasteiger charge is 2.53. The number of likely N-dealkylation sites (tertiary alicyclic amines) is 1. The summed E-state index contributed by atoms with van der Waals surface area (Å²) in [7, 11) is 0. The molecule has 2 aromatic carbocycles. The molecule has 1 fully saturated rings. The van der Waals surface area contributed by atoms with Gasteiger partial charge in [-0.2, -0.15) is 0 Å². The van der Waals surface area contributed by atoms with Crippen molar-refractivity contribution in [2.75, 3.05) is 18.4 Å². The topological polar surface area (TPSA) is 32.3 Å². The van der Waals surface area contributed by atoms with Gasteiger partial charge in [0.2, 0.25) is 5.91 Å². The SMILES string of the molecule is O=C1Nc2ccccc2C12CCCN2CCc1ccc(Br)cc1. The van der Waals surface area contributed by atoms with Crippen molar-refractivity contribution in [3.05, 3.63) is 64.1 Å². The predicted molar refractivity (Wildman–Crippen MR) is 95.4 cm³/mol. The summed E-state index contributed by atoms with van der Waals surface area (Å²) in [5, 5.41) is 3.08. The van der Waals surface area contributed by atoms with Crippen molar-refractivity contribution in [2.24, 2.45) is 0 Å². The lowest BCUT2D eigenvalue weighted by Crippen LogP contribution is -2.47. The van der Waals surface area contributed by atoms with E-state index in [4.69, 9.17) is 0 Å². The van der Waals surface area contributed by atoms with E-state index in [1.807, 2.05) is 18.2 Å². The first-order valence-corrected chi connectivity index (χ1v) is 8.90.